The molecule has 0 aromatic heterocycles. The third-order valence-corrected chi connectivity index (χ3v) is 0.187. The fourth-order valence-electron chi connectivity index (χ4n) is 0.0577. The fraction of sp³-hybridized carbons (Fsp3) is 0.333. The largest absolute Gasteiger partial charge is 0.710 e. The third-order valence-electron chi connectivity index (χ3n) is 0.187. The van der Waals surface area contributed by atoms with E-state index in [0.29, 0.717) is 0 Å². The molecule has 0 unspecified atom stereocenters. The van der Waals surface area contributed by atoms with E-state index in [-0.39, 0.29) is 32.7 Å². The van der Waals surface area contributed by atoms with Crippen molar-refractivity contribution in [3.05, 3.63) is 17.8 Å². The molecule has 0 fully saturated rings. The normalized spacial score (nSPS) is 7.50. The molecule has 0 aromatic rings. The van der Waals surface area contributed by atoms with Gasteiger partial charge in [0, 0.05) is 32.7 Å². The summed E-state index contributed by atoms with van der Waals surface area (Å²) in [5.74, 6) is 0. The molecule has 0 aliphatic rings. The summed E-state index contributed by atoms with van der Waals surface area (Å²) in [5, 5.41) is 2.62. The molecule has 1 radical (unpaired) electrons. The minimum Gasteiger partial charge on any atom is -0.710 e. The Labute approximate surface area is 62.4 Å². The van der Waals surface area contributed by atoms with Crippen LogP contribution in [0.3, 0.4) is 0 Å². The Kier molecular flexibility index (Phi) is 14.6. The summed E-state index contributed by atoms with van der Waals surface area (Å²) in [6.45, 7) is 1.65. The number of rotatable bonds is 1. The molecule has 31 valence electrons. The van der Waals surface area contributed by atoms with Gasteiger partial charge in [-0.25, -0.2) is 0 Å². The van der Waals surface area contributed by atoms with Crippen LogP contribution in [0, 0.1) is 6.08 Å². The Hall–Kier alpha value is 0.444. The van der Waals surface area contributed by atoms with Crippen molar-refractivity contribution in [2.45, 2.75) is 6.92 Å². The van der Waals surface area contributed by atoms with E-state index in [1.165, 1.54) is 6.20 Å². The van der Waals surface area contributed by atoms with Gasteiger partial charge in [-0.05, 0) is 0 Å². The fourth-order valence-corrected chi connectivity index (χ4v) is 0.0577. The summed E-state index contributed by atoms with van der Waals surface area (Å²) >= 11 is 0. The van der Waals surface area contributed by atoms with Crippen molar-refractivity contribution in [2.24, 2.45) is 5.11 Å². The topological polar surface area (TPSA) is 34.7 Å². The smallest absolute Gasteiger partial charge is 0 e. The van der Waals surface area contributed by atoms with Crippen molar-refractivity contribution in [3.8, 4) is 0 Å². The SMILES string of the molecule is C[C-]=CN=[N-].[Y]. The van der Waals surface area contributed by atoms with E-state index in [0.717, 1.165) is 0 Å². The quantitative estimate of drug-likeness (QED) is 0.406. The Morgan fingerprint density at radius 2 is 2.33 bits per heavy atom. The second-order valence-corrected chi connectivity index (χ2v) is 0.533. The Morgan fingerprint density at radius 3 is 2.33 bits per heavy atom. The maximum Gasteiger partial charge on any atom is 0 e. The summed E-state index contributed by atoms with van der Waals surface area (Å²) in [4.78, 5) is 0. The summed E-state index contributed by atoms with van der Waals surface area (Å²) < 4.78 is 0. The van der Waals surface area contributed by atoms with Crippen molar-refractivity contribution in [3.63, 3.8) is 0 Å². The Morgan fingerprint density at radius 1 is 1.83 bits per heavy atom. The van der Waals surface area contributed by atoms with Gasteiger partial charge in [0.25, 0.3) is 0 Å². The molecule has 0 saturated carbocycles. The monoisotopic (exact) mass is 157 g/mol. The van der Waals surface area contributed by atoms with E-state index in [4.69, 9.17) is 5.53 Å². The van der Waals surface area contributed by atoms with Gasteiger partial charge in [-0.3, -0.25) is 0 Å². The zero-order valence-electron chi connectivity index (χ0n) is 3.55. The van der Waals surface area contributed by atoms with Crippen molar-refractivity contribution < 1.29 is 32.7 Å². The predicted octanol–water partition coefficient (Wildman–Crippen LogP) is 1.34. The number of hydrogen-bond donors (Lipinski definition) is 0. The van der Waals surface area contributed by atoms with Crippen LogP contribution < -0.4 is 0 Å². The first kappa shape index (κ1) is 9.67. The van der Waals surface area contributed by atoms with Crippen LogP contribution in [0.2, 0.25) is 0 Å². The summed E-state index contributed by atoms with van der Waals surface area (Å²) in [6, 6.07) is 0. The van der Waals surface area contributed by atoms with E-state index in [1.807, 2.05) is 0 Å². The van der Waals surface area contributed by atoms with Crippen LogP contribution in [0.15, 0.2) is 11.3 Å². The predicted molar refractivity (Wildman–Crippen MR) is 19.3 cm³/mol. The minimum atomic E-state index is 0. The standard InChI is InChI=1S/C3H4N2.Y/c1-2-3-5-4;/h3H,1H3;/q-2;. The molecule has 3 heteroatoms. The van der Waals surface area contributed by atoms with Crippen LogP contribution >= 0.6 is 0 Å². The Bertz CT molecular complexity index is 50.8. The van der Waals surface area contributed by atoms with Crippen molar-refractivity contribution in [2.75, 3.05) is 0 Å². The molecular weight excluding hydrogens is 153 g/mol. The van der Waals surface area contributed by atoms with E-state index in [9.17, 15) is 0 Å². The molecular formula is C3H4N2Y-2. The molecule has 0 heterocycles. The number of allylic oxidation sites excluding steroid dienone is 1. The van der Waals surface area contributed by atoms with Gasteiger partial charge >= 0.3 is 0 Å². The molecule has 2 nitrogen and oxygen atoms in total. The second kappa shape index (κ2) is 9.06. The van der Waals surface area contributed by atoms with Crippen LogP contribution in [-0.4, -0.2) is 0 Å². The first-order valence-corrected chi connectivity index (χ1v) is 1.25. The van der Waals surface area contributed by atoms with Crippen molar-refractivity contribution in [1.82, 2.24) is 0 Å². The minimum absolute atomic E-state index is 0. The molecule has 0 aliphatic carbocycles. The molecule has 0 N–H and O–H groups in total. The van der Waals surface area contributed by atoms with E-state index < -0.39 is 0 Å². The molecule has 6 heavy (non-hydrogen) atoms. The number of hydrogen-bond acceptors (Lipinski definition) is 1. The van der Waals surface area contributed by atoms with Crippen LogP contribution in [0.5, 0.6) is 0 Å². The molecule has 0 spiro atoms. The summed E-state index contributed by atoms with van der Waals surface area (Å²) in [5.41, 5.74) is 7.57. The number of nitrogens with zero attached hydrogens (tertiary/aromatic N) is 2. The first-order chi connectivity index (χ1) is 2.41. The molecule has 0 amide bonds. The Balaban J connectivity index is 0. The zero-order chi connectivity index (χ0) is 4.12. The average molecular weight is 157 g/mol. The van der Waals surface area contributed by atoms with Gasteiger partial charge in [0.1, 0.15) is 0 Å². The van der Waals surface area contributed by atoms with Gasteiger partial charge < -0.3 is 16.7 Å². The van der Waals surface area contributed by atoms with E-state index >= 15 is 0 Å². The first-order valence-electron chi connectivity index (χ1n) is 1.25. The van der Waals surface area contributed by atoms with Gasteiger partial charge in [0.05, 0.1) is 0 Å². The van der Waals surface area contributed by atoms with Crippen molar-refractivity contribution >= 4 is 0 Å². The van der Waals surface area contributed by atoms with Crippen LogP contribution in [-0.2, 0) is 32.7 Å². The maximum atomic E-state index is 7.57. The molecule has 0 atom stereocenters. The molecule has 0 aromatic carbocycles. The van der Waals surface area contributed by atoms with Gasteiger partial charge in [0.15, 0.2) is 0 Å². The second-order valence-electron chi connectivity index (χ2n) is 0.533. The van der Waals surface area contributed by atoms with Crippen LogP contribution in [0.25, 0.3) is 5.53 Å². The molecule has 0 saturated heterocycles. The average Bonchev–Trinajstić information content (AvgIpc) is 1.41. The maximum absolute atomic E-state index is 7.57. The van der Waals surface area contributed by atoms with Crippen molar-refractivity contribution in [1.29, 1.82) is 0 Å². The van der Waals surface area contributed by atoms with Gasteiger partial charge in [-0.2, -0.15) is 13.1 Å². The van der Waals surface area contributed by atoms with Crippen LogP contribution in [0.4, 0.5) is 0 Å². The van der Waals surface area contributed by atoms with E-state index in [2.05, 4.69) is 11.2 Å². The van der Waals surface area contributed by atoms with Gasteiger partial charge in [-0.1, -0.05) is 0 Å². The summed E-state index contributed by atoms with van der Waals surface area (Å²) in [6.07, 6.45) is 3.66. The third kappa shape index (κ3) is 8.82. The van der Waals surface area contributed by atoms with Gasteiger partial charge in [0.2, 0.25) is 0 Å². The van der Waals surface area contributed by atoms with E-state index in [1.54, 1.807) is 6.92 Å². The van der Waals surface area contributed by atoms with Gasteiger partial charge in [-0.15, -0.1) is 0 Å². The van der Waals surface area contributed by atoms with Crippen LogP contribution in [0.1, 0.15) is 6.92 Å². The summed E-state index contributed by atoms with van der Waals surface area (Å²) in [7, 11) is 0. The molecule has 0 aliphatic heterocycles. The molecule has 0 bridgehead atoms. The molecule has 0 rings (SSSR count). The zero-order valence-corrected chi connectivity index (χ0v) is 6.39.